The molecule has 0 aliphatic heterocycles. The molecule has 0 bridgehead atoms. The van der Waals surface area contributed by atoms with Gasteiger partial charge in [0.1, 0.15) is 9.84 Å². The van der Waals surface area contributed by atoms with E-state index in [1.54, 1.807) is 6.92 Å². The number of benzene rings is 1. The lowest BCUT2D eigenvalue weighted by atomic mass is 10.0. The van der Waals surface area contributed by atoms with Gasteiger partial charge in [0.25, 0.3) is 0 Å². The van der Waals surface area contributed by atoms with Crippen LogP contribution >= 0.6 is 31.9 Å². The Labute approximate surface area is 145 Å². The van der Waals surface area contributed by atoms with Crippen molar-refractivity contribution in [3.8, 4) is 0 Å². The van der Waals surface area contributed by atoms with Crippen LogP contribution in [0.2, 0.25) is 0 Å². The molecule has 0 radical (unpaired) electrons. The summed E-state index contributed by atoms with van der Waals surface area (Å²) in [6.45, 7) is 4.75. The Morgan fingerprint density at radius 3 is 2.57 bits per heavy atom. The largest absolute Gasteiger partial charge is 0.310 e. The van der Waals surface area contributed by atoms with Crippen molar-refractivity contribution in [3.05, 3.63) is 32.7 Å². The molecule has 1 atom stereocenters. The van der Waals surface area contributed by atoms with Crippen LogP contribution in [0.15, 0.2) is 27.1 Å². The van der Waals surface area contributed by atoms with E-state index in [1.807, 2.05) is 12.1 Å². The van der Waals surface area contributed by atoms with E-state index in [9.17, 15) is 8.42 Å². The van der Waals surface area contributed by atoms with Crippen molar-refractivity contribution < 1.29 is 8.42 Å². The zero-order chi connectivity index (χ0) is 15.9. The van der Waals surface area contributed by atoms with Gasteiger partial charge in [-0.2, -0.15) is 0 Å². The van der Waals surface area contributed by atoms with Gasteiger partial charge in [0.2, 0.25) is 0 Å². The highest BCUT2D eigenvalue weighted by Crippen LogP contribution is 2.29. The fraction of sp³-hybridized carbons (Fsp3) is 0.600. The van der Waals surface area contributed by atoms with Crippen LogP contribution in [-0.2, 0) is 9.84 Å². The quantitative estimate of drug-likeness (QED) is 0.616. The third-order valence-corrected chi connectivity index (χ3v) is 6.37. The predicted octanol–water partition coefficient (Wildman–Crippen LogP) is 4.47. The van der Waals surface area contributed by atoms with Gasteiger partial charge in [-0.05, 0) is 49.6 Å². The summed E-state index contributed by atoms with van der Waals surface area (Å²) >= 11 is 7.09. The molecule has 1 N–H and O–H groups in total. The minimum absolute atomic E-state index is 0.170. The Hall–Kier alpha value is 0.0900. The normalized spacial score (nSPS) is 13.3. The molecule has 0 saturated heterocycles. The van der Waals surface area contributed by atoms with E-state index in [0.29, 0.717) is 6.42 Å². The molecule has 0 aromatic heterocycles. The molecule has 1 aromatic rings. The first kappa shape index (κ1) is 19.1. The van der Waals surface area contributed by atoms with Crippen LogP contribution in [0, 0.1) is 0 Å². The summed E-state index contributed by atoms with van der Waals surface area (Å²) in [6.07, 6.45) is 2.54. The van der Waals surface area contributed by atoms with Gasteiger partial charge in [-0.25, -0.2) is 8.42 Å². The Morgan fingerprint density at radius 1 is 1.24 bits per heavy atom. The molecule has 6 heteroatoms. The van der Waals surface area contributed by atoms with Crippen LogP contribution in [0.5, 0.6) is 0 Å². The van der Waals surface area contributed by atoms with Gasteiger partial charge in [0, 0.05) is 20.7 Å². The predicted molar refractivity (Wildman–Crippen MR) is 96.4 cm³/mol. The van der Waals surface area contributed by atoms with Gasteiger partial charge in [0.05, 0.1) is 5.75 Å². The Bertz CT molecular complexity index is 547. The third-order valence-electron chi connectivity index (χ3n) is 3.36. The van der Waals surface area contributed by atoms with Crippen molar-refractivity contribution >= 4 is 41.7 Å². The summed E-state index contributed by atoms with van der Waals surface area (Å²) in [5.74, 6) is 0.486. The second-order valence-electron chi connectivity index (χ2n) is 5.05. The van der Waals surface area contributed by atoms with E-state index < -0.39 is 9.84 Å². The van der Waals surface area contributed by atoms with E-state index in [-0.39, 0.29) is 17.5 Å². The third kappa shape index (κ3) is 6.80. The molecule has 0 aliphatic rings. The van der Waals surface area contributed by atoms with Crippen LogP contribution in [0.1, 0.15) is 44.7 Å². The number of nitrogens with one attached hydrogen (secondary N) is 1. The summed E-state index contributed by atoms with van der Waals surface area (Å²) in [4.78, 5) is 0. The summed E-state index contributed by atoms with van der Waals surface area (Å²) < 4.78 is 25.3. The maximum Gasteiger partial charge on any atom is 0.150 e. The molecule has 0 heterocycles. The number of halogens is 2. The highest BCUT2D eigenvalue weighted by atomic mass is 79.9. The molecule has 120 valence electrons. The number of rotatable bonds is 9. The summed E-state index contributed by atoms with van der Waals surface area (Å²) in [5.41, 5.74) is 1.17. The first-order chi connectivity index (χ1) is 9.89. The molecule has 1 aromatic carbocycles. The van der Waals surface area contributed by atoms with E-state index in [2.05, 4.69) is 50.2 Å². The van der Waals surface area contributed by atoms with E-state index >= 15 is 0 Å². The van der Waals surface area contributed by atoms with Crippen LogP contribution in [-0.4, -0.2) is 26.5 Å². The molecule has 0 aliphatic carbocycles. The fourth-order valence-corrected chi connectivity index (χ4v) is 3.92. The van der Waals surface area contributed by atoms with Crippen LogP contribution < -0.4 is 5.32 Å². The zero-order valence-corrected chi connectivity index (χ0v) is 16.5. The van der Waals surface area contributed by atoms with Crippen molar-refractivity contribution in [1.82, 2.24) is 5.32 Å². The van der Waals surface area contributed by atoms with E-state index in [4.69, 9.17) is 0 Å². The summed E-state index contributed by atoms with van der Waals surface area (Å²) in [7, 11) is -2.88. The first-order valence-corrected chi connectivity index (χ1v) is 10.7. The van der Waals surface area contributed by atoms with Gasteiger partial charge in [-0.3, -0.25) is 0 Å². The Kier molecular flexibility index (Phi) is 8.46. The van der Waals surface area contributed by atoms with Crippen molar-refractivity contribution in [2.45, 2.75) is 39.2 Å². The zero-order valence-electron chi connectivity index (χ0n) is 12.5. The molecule has 3 nitrogen and oxygen atoms in total. The molecule has 1 rings (SSSR count). The minimum atomic E-state index is -2.88. The minimum Gasteiger partial charge on any atom is -0.310 e. The standard InChI is InChI=1S/C15H23Br2NO2S/c1-3-9-18-15(6-5-10-21(19,20)4-2)13-11-12(16)7-8-14(13)17/h7-8,11,15,18H,3-6,9-10H2,1-2H3. The molecular weight excluding hydrogens is 418 g/mol. The smallest absolute Gasteiger partial charge is 0.150 e. The van der Waals surface area contributed by atoms with Gasteiger partial charge in [0.15, 0.2) is 0 Å². The highest BCUT2D eigenvalue weighted by molar-refractivity contribution is 9.11. The van der Waals surface area contributed by atoms with Gasteiger partial charge >= 0.3 is 0 Å². The molecule has 0 fully saturated rings. The Balaban J connectivity index is 2.78. The van der Waals surface area contributed by atoms with Crippen molar-refractivity contribution in [3.63, 3.8) is 0 Å². The Morgan fingerprint density at radius 2 is 1.95 bits per heavy atom. The van der Waals surface area contributed by atoms with Gasteiger partial charge < -0.3 is 5.32 Å². The molecule has 1 unspecified atom stereocenters. The van der Waals surface area contributed by atoms with E-state index in [0.717, 1.165) is 28.3 Å². The average Bonchev–Trinajstić information content (AvgIpc) is 2.45. The van der Waals surface area contributed by atoms with Gasteiger partial charge in [-0.15, -0.1) is 0 Å². The van der Waals surface area contributed by atoms with Crippen molar-refractivity contribution in [2.75, 3.05) is 18.1 Å². The molecular formula is C15H23Br2NO2S. The summed E-state index contributed by atoms with van der Waals surface area (Å²) in [5, 5.41) is 3.51. The lowest BCUT2D eigenvalue weighted by Gasteiger charge is -2.20. The second-order valence-corrected chi connectivity index (χ2v) is 9.29. The molecule has 0 saturated carbocycles. The van der Waals surface area contributed by atoms with Gasteiger partial charge in [-0.1, -0.05) is 45.7 Å². The number of hydrogen-bond donors (Lipinski definition) is 1. The van der Waals surface area contributed by atoms with Crippen molar-refractivity contribution in [2.24, 2.45) is 0 Å². The lowest BCUT2D eigenvalue weighted by Crippen LogP contribution is -2.23. The SMILES string of the molecule is CCCNC(CCCS(=O)(=O)CC)c1cc(Br)ccc1Br. The second kappa shape index (κ2) is 9.28. The topological polar surface area (TPSA) is 46.2 Å². The summed E-state index contributed by atoms with van der Waals surface area (Å²) in [6, 6.07) is 6.27. The maximum absolute atomic E-state index is 11.6. The van der Waals surface area contributed by atoms with Crippen molar-refractivity contribution in [1.29, 1.82) is 0 Å². The maximum atomic E-state index is 11.6. The molecule has 21 heavy (non-hydrogen) atoms. The first-order valence-electron chi connectivity index (χ1n) is 7.28. The highest BCUT2D eigenvalue weighted by Gasteiger charge is 2.16. The van der Waals surface area contributed by atoms with Crippen LogP contribution in [0.3, 0.4) is 0 Å². The average molecular weight is 441 g/mol. The lowest BCUT2D eigenvalue weighted by molar-refractivity contribution is 0.490. The molecule has 0 spiro atoms. The number of sulfone groups is 1. The fourth-order valence-electron chi connectivity index (χ4n) is 2.12. The van der Waals surface area contributed by atoms with Crippen LogP contribution in [0.25, 0.3) is 0 Å². The molecule has 0 amide bonds. The number of hydrogen-bond acceptors (Lipinski definition) is 3. The van der Waals surface area contributed by atoms with Crippen LogP contribution in [0.4, 0.5) is 0 Å². The monoisotopic (exact) mass is 439 g/mol. The van der Waals surface area contributed by atoms with E-state index in [1.165, 1.54) is 5.56 Å².